The molecule has 0 spiro atoms. The molecule has 1 heterocycles. The predicted molar refractivity (Wildman–Crippen MR) is 80.2 cm³/mol. The van der Waals surface area contributed by atoms with Crippen molar-refractivity contribution in [1.82, 2.24) is 10.2 Å². The van der Waals surface area contributed by atoms with Gasteiger partial charge in [-0.25, -0.2) is 0 Å². The number of amides is 1. The molecule has 1 aromatic carbocycles. The Balaban J connectivity index is 1.99. The number of benzene rings is 1. The molecule has 0 unspecified atom stereocenters. The molecule has 0 saturated carbocycles. The largest absolute Gasteiger partial charge is 0.573 e. The molecule has 2 rings (SSSR count). The summed E-state index contributed by atoms with van der Waals surface area (Å²) < 4.78 is 40.9. The van der Waals surface area contributed by atoms with E-state index in [1.54, 1.807) is 12.1 Å². The summed E-state index contributed by atoms with van der Waals surface area (Å²) in [4.78, 5) is 11.8. The van der Waals surface area contributed by atoms with Crippen LogP contribution in [0.3, 0.4) is 0 Å². The first kappa shape index (κ1) is 16.5. The summed E-state index contributed by atoms with van der Waals surface area (Å²) in [5.74, 6) is -0.514. The van der Waals surface area contributed by atoms with Crippen molar-refractivity contribution >= 4 is 34.3 Å². The average molecular weight is 423 g/mol. The number of carbonyl (C=O) groups excluding carboxylic acids is 1. The van der Waals surface area contributed by atoms with E-state index in [0.717, 1.165) is 6.07 Å². The van der Waals surface area contributed by atoms with Gasteiger partial charge in [0.15, 0.2) is 5.82 Å². The van der Waals surface area contributed by atoms with Gasteiger partial charge in [-0.05, 0) is 52.4 Å². The van der Waals surface area contributed by atoms with E-state index in [0.29, 0.717) is 9.26 Å². The first-order chi connectivity index (χ1) is 10.3. The average Bonchev–Trinajstić information content (AvgIpc) is 2.40. The minimum atomic E-state index is -4.77. The van der Waals surface area contributed by atoms with E-state index in [2.05, 4.69) is 20.3 Å². The fraction of sp³-hybridized carbons (Fsp3) is 0.154. The maximum atomic E-state index is 12.1. The van der Waals surface area contributed by atoms with Crippen LogP contribution in [0.1, 0.15) is 5.56 Å². The molecular weight excluding hydrogens is 414 g/mol. The number of nitrogens with zero attached hydrogens (tertiary/aromatic N) is 2. The number of halogens is 4. The number of rotatable bonds is 4. The summed E-state index contributed by atoms with van der Waals surface area (Å²) in [7, 11) is 0. The molecule has 0 saturated heterocycles. The molecule has 0 radical (unpaired) electrons. The molecule has 116 valence electrons. The third-order valence-corrected chi connectivity index (χ3v) is 2.97. The van der Waals surface area contributed by atoms with Gasteiger partial charge >= 0.3 is 6.36 Å². The van der Waals surface area contributed by atoms with E-state index >= 15 is 0 Å². The third-order valence-electron chi connectivity index (χ3n) is 2.40. The lowest BCUT2D eigenvalue weighted by atomic mass is 10.1. The first-order valence-corrected chi connectivity index (χ1v) is 7.03. The van der Waals surface area contributed by atoms with Gasteiger partial charge in [0.25, 0.3) is 0 Å². The lowest BCUT2D eigenvalue weighted by molar-refractivity contribution is -0.274. The SMILES string of the molecule is O=C(Cc1cccc(OC(F)(F)F)c1)Nc1ccc(I)nn1. The van der Waals surface area contributed by atoms with Crippen molar-refractivity contribution in [2.24, 2.45) is 0 Å². The molecule has 0 aliphatic carbocycles. The molecule has 0 bridgehead atoms. The molecule has 0 aliphatic heterocycles. The van der Waals surface area contributed by atoms with Crippen LogP contribution in [0, 0.1) is 3.70 Å². The summed E-state index contributed by atoms with van der Waals surface area (Å²) in [6.45, 7) is 0. The van der Waals surface area contributed by atoms with Gasteiger partial charge in [0.2, 0.25) is 5.91 Å². The second-order valence-electron chi connectivity index (χ2n) is 4.16. The number of hydrogen-bond acceptors (Lipinski definition) is 4. The van der Waals surface area contributed by atoms with E-state index in [4.69, 9.17) is 0 Å². The van der Waals surface area contributed by atoms with E-state index < -0.39 is 12.3 Å². The number of nitrogens with one attached hydrogen (secondary N) is 1. The summed E-state index contributed by atoms with van der Waals surface area (Å²) >= 11 is 1.97. The molecule has 2 aromatic rings. The Bertz CT molecular complexity index is 662. The molecule has 1 amide bonds. The highest BCUT2D eigenvalue weighted by Crippen LogP contribution is 2.23. The van der Waals surface area contributed by atoms with Gasteiger partial charge in [-0.2, -0.15) is 0 Å². The molecule has 5 nitrogen and oxygen atoms in total. The summed E-state index contributed by atoms with van der Waals surface area (Å²) in [5.41, 5.74) is 0.387. The van der Waals surface area contributed by atoms with Gasteiger partial charge in [0.1, 0.15) is 9.45 Å². The number of anilines is 1. The van der Waals surface area contributed by atoms with Crippen LogP contribution in [0.25, 0.3) is 0 Å². The van der Waals surface area contributed by atoms with Crippen molar-refractivity contribution in [3.8, 4) is 5.75 Å². The third kappa shape index (κ3) is 5.47. The fourth-order valence-corrected chi connectivity index (χ4v) is 1.90. The monoisotopic (exact) mass is 423 g/mol. The molecule has 9 heteroatoms. The smallest absolute Gasteiger partial charge is 0.406 e. The van der Waals surface area contributed by atoms with Crippen LogP contribution in [0.5, 0.6) is 5.75 Å². The normalized spacial score (nSPS) is 11.1. The van der Waals surface area contributed by atoms with E-state index in [1.165, 1.54) is 18.2 Å². The van der Waals surface area contributed by atoms with E-state index in [1.807, 2.05) is 22.6 Å². The van der Waals surface area contributed by atoms with E-state index in [-0.39, 0.29) is 18.0 Å². The van der Waals surface area contributed by atoms with Crippen molar-refractivity contribution in [2.45, 2.75) is 12.8 Å². The highest BCUT2D eigenvalue weighted by Gasteiger charge is 2.31. The Hall–Kier alpha value is -1.91. The molecule has 0 fully saturated rings. The number of alkyl halides is 3. The number of aromatic nitrogens is 2. The van der Waals surface area contributed by atoms with Gasteiger partial charge < -0.3 is 10.1 Å². The maximum Gasteiger partial charge on any atom is 0.573 e. The van der Waals surface area contributed by atoms with Crippen molar-refractivity contribution in [3.05, 3.63) is 45.7 Å². The second-order valence-corrected chi connectivity index (χ2v) is 5.27. The van der Waals surface area contributed by atoms with Crippen molar-refractivity contribution < 1.29 is 22.7 Å². The zero-order valence-corrected chi connectivity index (χ0v) is 13.1. The summed E-state index contributed by atoms with van der Waals surface area (Å²) in [6, 6.07) is 8.49. The van der Waals surface area contributed by atoms with Gasteiger partial charge in [0.05, 0.1) is 6.42 Å². The molecule has 0 atom stereocenters. The van der Waals surface area contributed by atoms with Crippen LogP contribution in [0.2, 0.25) is 0 Å². The molecule has 0 aliphatic rings. The van der Waals surface area contributed by atoms with Gasteiger partial charge in [0, 0.05) is 0 Å². The summed E-state index contributed by atoms with van der Waals surface area (Å²) in [6.07, 6.45) is -4.87. The van der Waals surface area contributed by atoms with Crippen LogP contribution in [-0.4, -0.2) is 22.5 Å². The fourth-order valence-electron chi connectivity index (χ4n) is 1.61. The predicted octanol–water partition coefficient (Wildman–Crippen LogP) is 3.16. The van der Waals surface area contributed by atoms with Crippen LogP contribution >= 0.6 is 22.6 Å². The first-order valence-electron chi connectivity index (χ1n) is 5.95. The molecule has 22 heavy (non-hydrogen) atoms. The molecule has 1 aromatic heterocycles. The molecule has 1 N–H and O–H groups in total. The molecular formula is C13H9F3IN3O2. The van der Waals surface area contributed by atoms with E-state index in [9.17, 15) is 18.0 Å². The number of carbonyl (C=O) groups is 1. The maximum absolute atomic E-state index is 12.1. The quantitative estimate of drug-likeness (QED) is 0.768. The van der Waals surface area contributed by atoms with Crippen molar-refractivity contribution in [3.63, 3.8) is 0 Å². The Kier molecular flexibility index (Phi) is 5.16. The van der Waals surface area contributed by atoms with Crippen LogP contribution in [0.15, 0.2) is 36.4 Å². The van der Waals surface area contributed by atoms with Crippen LogP contribution in [-0.2, 0) is 11.2 Å². The zero-order chi connectivity index (χ0) is 16.2. The van der Waals surface area contributed by atoms with Crippen LogP contribution in [0.4, 0.5) is 19.0 Å². The Morgan fingerprint density at radius 3 is 2.64 bits per heavy atom. The van der Waals surface area contributed by atoms with Gasteiger partial charge in [-0.15, -0.1) is 23.4 Å². The van der Waals surface area contributed by atoms with Crippen molar-refractivity contribution in [2.75, 3.05) is 5.32 Å². The Morgan fingerprint density at radius 1 is 1.23 bits per heavy atom. The standard InChI is InChI=1S/C13H9F3IN3O2/c14-13(15,16)22-9-3-1-2-8(6-9)7-12(21)18-11-5-4-10(17)19-20-11/h1-6H,7H2,(H,18,20,21). The van der Waals surface area contributed by atoms with Gasteiger partial charge in [-0.1, -0.05) is 12.1 Å². The lowest BCUT2D eigenvalue weighted by Crippen LogP contribution is -2.18. The topological polar surface area (TPSA) is 64.1 Å². The van der Waals surface area contributed by atoms with Crippen LogP contribution < -0.4 is 10.1 Å². The Morgan fingerprint density at radius 2 is 2.00 bits per heavy atom. The highest BCUT2D eigenvalue weighted by atomic mass is 127. The minimum absolute atomic E-state index is 0.108. The zero-order valence-electron chi connectivity index (χ0n) is 10.9. The van der Waals surface area contributed by atoms with Gasteiger partial charge in [-0.3, -0.25) is 4.79 Å². The summed E-state index contributed by atoms with van der Waals surface area (Å²) in [5, 5.41) is 10.0. The second kappa shape index (κ2) is 6.90. The lowest BCUT2D eigenvalue weighted by Gasteiger charge is -2.10. The Labute approximate surface area is 137 Å². The highest BCUT2D eigenvalue weighted by molar-refractivity contribution is 14.1. The minimum Gasteiger partial charge on any atom is -0.406 e. The number of hydrogen-bond donors (Lipinski definition) is 1. The van der Waals surface area contributed by atoms with Crippen molar-refractivity contribution in [1.29, 1.82) is 0 Å². The number of ether oxygens (including phenoxy) is 1.